The first-order chi connectivity index (χ1) is 13.5. The average Bonchev–Trinajstić information content (AvgIpc) is 2.86. The second-order valence-electron chi connectivity index (χ2n) is 7.69. The smallest absolute Gasteiger partial charge is 0.123 e. The summed E-state index contributed by atoms with van der Waals surface area (Å²) >= 11 is 4.55. The van der Waals surface area contributed by atoms with Crippen LogP contribution in [0, 0.1) is 5.82 Å². The van der Waals surface area contributed by atoms with Gasteiger partial charge in [-0.25, -0.2) is 4.39 Å². The fourth-order valence-corrected chi connectivity index (χ4v) is 4.41. The van der Waals surface area contributed by atoms with E-state index in [9.17, 15) is 9.50 Å². The van der Waals surface area contributed by atoms with Gasteiger partial charge in [-0.3, -0.25) is 4.98 Å². The molecule has 4 rings (SSSR count). The Kier molecular flexibility index (Phi) is 5.26. The number of aryl methyl sites for hydroxylation is 1. The zero-order chi connectivity index (χ0) is 19.8. The molecule has 0 atom stereocenters. The van der Waals surface area contributed by atoms with Crippen LogP contribution in [0.15, 0.2) is 47.4 Å². The van der Waals surface area contributed by atoms with E-state index in [1.54, 1.807) is 12.1 Å². The van der Waals surface area contributed by atoms with Crippen LogP contribution in [-0.2, 0) is 19.4 Å². The lowest BCUT2D eigenvalue weighted by Crippen LogP contribution is -2.09. The van der Waals surface area contributed by atoms with E-state index in [0.29, 0.717) is 0 Å². The molecule has 0 saturated heterocycles. The topological polar surface area (TPSA) is 33.1 Å². The molecular formula is C24H24FNOS. The first-order valence-electron chi connectivity index (χ1n) is 9.74. The molecule has 0 amide bonds. The number of thiol groups is 1. The maximum Gasteiger partial charge on any atom is 0.123 e. The van der Waals surface area contributed by atoms with Gasteiger partial charge in [0.25, 0.3) is 0 Å². The van der Waals surface area contributed by atoms with Crippen molar-refractivity contribution in [3.63, 3.8) is 0 Å². The highest BCUT2D eigenvalue weighted by atomic mass is 32.1. The van der Waals surface area contributed by atoms with Crippen LogP contribution in [0.2, 0.25) is 0 Å². The Balaban J connectivity index is 2.09. The molecule has 0 radical (unpaired) electrons. The molecule has 144 valence electrons. The molecule has 0 bridgehead atoms. The van der Waals surface area contributed by atoms with Crippen LogP contribution in [0.1, 0.15) is 48.6 Å². The molecule has 2 nitrogen and oxygen atoms in total. The summed E-state index contributed by atoms with van der Waals surface area (Å²) in [6.45, 7) is 4.10. The predicted octanol–water partition coefficient (Wildman–Crippen LogP) is 5.95. The molecule has 0 fully saturated rings. The largest absolute Gasteiger partial charge is 0.392 e. The Labute approximate surface area is 170 Å². The van der Waals surface area contributed by atoms with Crippen LogP contribution >= 0.6 is 12.6 Å². The zero-order valence-electron chi connectivity index (χ0n) is 16.2. The molecule has 2 aromatic carbocycles. The first-order valence-corrected chi connectivity index (χ1v) is 10.2. The Hall–Kier alpha value is -2.17. The highest BCUT2D eigenvalue weighted by molar-refractivity contribution is 7.80. The van der Waals surface area contributed by atoms with Crippen LogP contribution in [0.3, 0.4) is 0 Å². The van der Waals surface area contributed by atoms with Crippen molar-refractivity contribution in [2.75, 3.05) is 0 Å². The van der Waals surface area contributed by atoms with Gasteiger partial charge in [-0.2, -0.15) is 0 Å². The van der Waals surface area contributed by atoms with Crippen molar-refractivity contribution in [1.29, 1.82) is 0 Å². The zero-order valence-corrected chi connectivity index (χ0v) is 17.1. The van der Waals surface area contributed by atoms with E-state index in [0.717, 1.165) is 63.4 Å². The molecule has 0 spiro atoms. The van der Waals surface area contributed by atoms with Gasteiger partial charge in [0.2, 0.25) is 0 Å². The SMILES string of the molecule is CC(C)c1nc2c(c(-c3ccc(F)cc3)c1CO)CCCc1ccc(S)cc1-2. The van der Waals surface area contributed by atoms with E-state index < -0.39 is 0 Å². The van der Waals surface area contributed by atoms with Crippen molar-refractivity contribution in [2.45, 2.75) is 50.5 Å². The maximum atomic E-state index is 13.6. The van der Waals surface area contributed by atoms with Crippen molar-refractivity contribution < 1.29 is 9.50 Å². The summed E-state index contributed by atoms with van der Waals surface area (Å²) in [6.07, 6.45) is 2.86. The third kappa shape index (κ3) is 3.36. The van der Waals surface area contributed by atoms with E-state index in [2.05, 4.69) is 38.6 Å². The number of benzene rings is 2. The van der Waals surface area contributed by atoms with Gasteiger partial charge < -0.3 is 5.11 Å². The van der Waals surface area contributed by atoms with E-state index >= 15 is 0 Å². The number of fused-ring (bicyclic) bond motifs is 3. The molecule has 1 N–H and O–H groups in total. The Morgan fingerprint density at radius 3 is 2.54 bits per heavy atom. The molecular weight excluding hydrogens is 369 g/mol. The Morgan fingerprint density at radius 1 is 1.11 bits per heavy atom. The minimum absolute atomic E-state index is 0.0834. The lowest BCUT2D eigenvalue weighted by Gasteiger charge is -2.22. The van der Waals surface area contributed by atoms with Gasteiger partial charge in [0, 0.05) is 21.7 Å². The number of rotatable bonds is 3. The fourth-order valence-electron chi connectivity index (χ4n) is 4.21. The Morgan fingerprint density at radius 2 is 1.86 bits per heavy atom. The standard InChI is InChI=1S/C24H24FNOS/c1-14(2)23-21(13-27)22(16-6-9-17(25)10-7-16)19-5-3-4-15-8-11-18(28)12-20(15)24(19)26-23/h6-12,14,27-28H,3-5,13H2,1-2H3. The molecule has 0 aliphatic heterocycles. The molecule has 1 aliphatic rings. The Bertz CT molecular complexity index is 1030. The third-order valence-corrected chi connectivity index (χ3v) is 5.77. The van der Waals surface area contributed by atoms with Crippen LogP contribution in [0.5, 0.6) is 0 Å². The van der Waals surface area contributed by atoms with Crippen LogP contribution < -0.4 is 0 Å². The number of aromatic nitrogens is 1. The molecule has 0 saturated carbocycles. The van der Waals surface area contributed by atoms with Gasteiger partial charge >= 0.3 is 0 Å². The summed E-state index contributed by atoms with van der Waals surface area (Å²) in [5, 5.41) is 10.2. The molecule has 1 heterocycles. The highest BCUT2D eigenvalue weighted by Crippen LogP contribution is 2.41. The van der Waals surface area contributed by atoms with Gasteiger partial charge in [-0.15, -0.1) is 12.6 Å². The van der Waals surface area contributed by atoms with Gasteiger partial charge in [0.1, 0.15) is 5.82 Å². The van der Waals surface area contributed by atoms with Crippen LogP contribution in [0.4, 0.5) is 4.39 Å². The van der Waals surface area contributed by atoms with Gasteiger partial charge in [-0.05, 0) is 71.7 Å². The monoisotopic (exact) mass is 393 g/mol. The molecule has 3 aromatic rings. The number of aliphatic hydroxyl groups excluding tert-OH is 1. The number of pyridine rings is 1. The summed E-state index contributed by atoms with van der Waals surface area (Å²) in [4.78, 5) is 5.97. The lowest BCUT2D eigenvalue weighted by molar-refractivity contribution is 0.280. The van der Waals surface area contributed by atoms with Crippen LogP contribution in [0.25, 0.3) is 22.4 Å². The quantitative estimate of drug-likeness (QED) is 0.539. The normalized spacial score (nSPS) is 13.2. The minimum Gasteiger partial charge on any atom is -0.392 e. The number of halogens is 1. The number of aliphatic hydroxyl groups is 1. The van der Waals surface area contributed by atoms with E-state index in [4.69, 9.17) is 4.98 Å². The molecule has 28 heavy (non-hydrogen) atoms. The molecule has 1 aromatic heterocycles. The highest BCUT2D eigenvalue weighted by Gasteiger charge is 2.25. The van der Waals surface area contributed by atoms with E-state index in [-0.39, 0.29) is 18.3 Å². The number of nitrogens with zero attached hydrogens (tertiary/aromatic N) is 1. The lowest BCUT2D eigenvalue weighted by atomic mass is 9.87. The summed E-state index contributed by atoms with van der Waals surface area (Å²) in [6, 6.07) is 12.8. The maximum absolute atomic E-state index is 13.6. The fraction of sp³-hybridized carbons (Fsp3) is 0.292. The number of hydrogen-bond acceptors (Lipinski definition) is 3. The molecule has 4 heteroatoms. The van der Waals surface area contributed by atoms with Gasteiger partial charge in [0.05, 0.1) is 12.3 Å². The van der Waals surface area contributed by atoms with Crippen molar-refractivity contribution in [1.82, 2.24) is 4.98 Å². The van der Waals surface area contributed by atoms with Gasteiger partial charge in [-0.1, -0.05) is 32.0 Å². The number of hydrogen-bond donors (Lipinski definition) is 2. The van der Waals surface area contributed by atoms with Crippen molar-refractivity contribution in [3.05, 3.63) is 70.7 Å². The summed E-state index contributed by atoms with van der Waals surface area (Å²) in [5.74, 6) is -0.0962. The molecule has 0 unspecified atom stereocenters. The first kappa shape index (κ1) is 19.2. The predicted molar refractivity (Wildman–Crippen MR) is 114 cm³/mol. The van der Waals surface area contributed by atoms with E-state index in [1.165, 1.54) is 17.7 Å². The third-order valence-electron chi connectivity index (χ3n) is 5.49. The summed E-state index contributed by atoms with van der Waals surface area (Å²) in [7, 11) is 0. The van der Waals surface area contributed by atoms with Crippen molar-refractivity contribution >= 4 is 12.6 Å². The van der Waals surface area contributed by atoms with Gasteiger partial charge in [0.15, 0.2) is 0 Å². The van der Waals surface area contributed by atoms with Crippen molar-refractivity contribution in [3.8, 4) is 22.4 Å². The molecule has 1 aliphatic carbocycles. The second kappa shape index (κ2) is 7.69. The average molecular weight is 394 g/mol. The summed E-state index contributed by atoms with van der Waals surface area (Å²) in [5.41, 5.74) is 8.20. The van der Waals surface area contributed by atoms with E-state index in [1.807, 2.05) is 6.07 Å². The minimum atomic E-state index is -0.261. The second-order valence-corrected chi connectivity index (χ2v) is 8.21. The van der Waals surface area contributed by atoms with Crippen LogP contribution in [-0.4, -0.2) is 10.1 Å². The van der Waals surface area contributed by atoms with Crippen molar-refractivity contribution in [2.24, 2.45) is 0 Å². The summed E-state index contributed by atoms with van der Waals surface area (Å²) < 4.78 is 13.6.